The normalized spacial score (nSPS) is 17.7. The predicted molar refractivity (Wildman–Crippen MR) is 126 cm³/mol. The number of carbonyl (C=O) groups excluding carboxylic acids is 2. The third kappa shape index (κ3) is 4.40. The minimum Gasteiger partial charge on any atom is -0.356 e. The molecule has 6 nitrogen and oxygen atoms in total. The first kappa shape index (κ1) is 21.4. The fourth-order valence-corrected chi connectivity index (χ4v) is 4.44. The molecule has 1 saturated carbocycles. The zero-order valence-corrected chi connectivity index (χ0v) is 18.7. The number of nitrogens with one attached hydrogen (secondary N) is 3. The Labute approximate surface area is 192 Å². The maximum absolute atomic E-state index is 13.9. The number of ketones is 1. The van der Waals surface area contributed by atoms with Gasteiger partial charge in [-0.3, -0.25) is 9.59 Å². The van der Waals surface area contributed by atoms with E-state index in [1.54, 1.807) is 24.4 Å². The van der Waals surface area contributed by atoms with Crippen LogP contribution in [0.5, 0.6) is 0 Å². The number of fused-ring (bicyclic) bond motifs is 1. The number of hydrogen-bond donors (Lipinski definition) is 3. The minimum atomic E-state index is -0.355. The van der Waals surface area contributed by atoms with Gasteiger partial charge in [-0.05, 0) is 61.4 Å². The Morgan fingerprint density at radius 1 is 1.18 bits per heavy atom. The molecule has 2 aliphatic rings. The highest BCUT2D eigenvalue weighted by Crippen LogP contribution is 2.41. The Kier molecular flexibility index (Phi) is 5.48. The van der Waals surface area contributed by atoms with Gasteiger partial charge in [-0.15, -0.1) is 0 Å². The lowest BCUT2D eigenvalue weighted by Crippen LogP contribution is -2.23. The Morgan fingerprint density at radius 3 is 2.73 bits per heavy atom. The minimum absolute atomic E-state index is 0.0153. The van der Waals surface area contributed by atoms with Crippen LogP contribution in [0.25, 0.3) is 11.3 Å². The summed E-state index contributed by atoms with van der Waals surface area (Å²) in [5.74, 6) is 0.907. The monoisotopic (exact) mass is 446 g/mol. The molecule has 3 aromatic rings. The number of benzene rings is 1. The summed E-state index contributed by atoms with van der Waals surface area (Å²) in [7, 11) is 0. The largest absolute Gasteiger partial charge is 0.356 e. The van der Waals surface area contributed by atoms with Crippen molar-refractivity contribution in [3.05, 3.63) is 59.7 Å². The smallest absolute Gasteiger partial charge is 0.228 e. The third-order valence-electron chi connectivity index (χ3n) is 6.56. The van der Waals surface area contributed by atoms with Gasteiger partial charge in [0.2, 0.25) is 5.91 Å². The van der Waals surface area contributed by atoms with Crippen molar-refractivity contribution in [1.82, 2.24) is 9.97 Å². The number of anilines is 3. The molecule has 0 bridgehead atoms. The lowest BCUT2D eigenvalue weighted by Gasteiger charge is -2.25. The number of pyridine rings is 1. The summed E-state index contributed by atoms with van der Waals surface area (Å²) < 4.78 is 13.9. The van der Waals surface area contributed by atoms with Crippen molar-refractivity contribution in [2.45, 2.75) is 39.5 Å². The summed E-state index contributed by atoms with van der Waals surface area (Å²) in [4.78, 5) is 33.2. The second-order valence-corrected chi connectivity index (χ2v) is 9.39. The van der Waals surface area contributed by atoms with E-state index < -0.39 is 0 Å². The van der Waals surface area contributed by atoms with Crippen molar-refractivity contribution in [2.24, 2.45) is 17.8 Å². The van der Waals surface area contributed by atoms with Crippen molar-refractivity contribution in [3.63, 3.8) is 0 Å². The molecule has 0 saturated heterocycles. The number of rotatable bonds is 6. The second-order valence-electron chi connectivity index (χ2n) is 9.39. The maximum atomic E-state index is 13.9. The number of Topliss-reactive ketones (excluding diaryl/α,β-unsaturated/α-hetero) is 1. The molecule has 0 aliphatic heterocycles. The average molecular weight is 447 g/mol. The van der Waals surface area contributed by atoms with E-state index in [2.05, 4.69) is 34.4 Å². The lowest BCUT2D eigenvalue weighted by molar-refractivity contribution is -0.117. The molecule has 1 aromatic carbocycles. The van der Waals surface area contributed by atoms with Crippen LogP contribution in [0.3, 0.4) is 0 Å². The molecule has 1 amide bonds. The first-order chi connectivity index (χ1) is 15.9. The van der Waals surface area contributed by atoms with Crippen LogP contribution in [0, 0.1) is 23.6 Å². The average Bonchev–Trinajstić information content (AvgIpc) is 3.56. The van der Waals surface area contributed by atoms with Crippen LogP contribution in [-0.4, -0.2) is 21.7 Å². The van der Waals surface area contributed by atoms with Crippen molar-refractivity contribution in [2.75, 3.05) is 10.6 Å². The van der Waals surface area contributed by atoms with Crippen LogP contribution in [-0.2, 0) is 11.2 Å². The van der Waals surface area contributed by atoms with E-state index in [4.69, 9.17) is 0 Å². The van der Waals surface area contributed by atoms with Gasteiger partial charge in [0.15, 0.2) is 5.78 Å². The summed E-state index contributed by atoms with van der Waals surface area (Å²) in [5, 5.41) is 6.17. The van der Waals surface area contributed by atoms with Crippen molar-refractivity contribution < 1.29 is 14.0 Å². The molecule has 2 heterocycles. The van der Waals surface area contributed by atoms with Crippen LogP contribution in [0.2, 0.25) is 0 Å². The Morgan fingerprint density at radius 2 is 2.00 bits per heavy atom. The topological polar surface area (TPSA) is 86.9 Å². The number of carbonyl (C=O) groups is 2. The SMILES string of the molecule is CC(C)C1CC(=O)c2c([nH]c(-c3ccnc(NC(=O)C4CC4)c3)c2Nc2cccc(F)c2)C1. The van der Waals surface area contributed by atoms with Crippen molar-refractivity contribution >= 4 is 28.9 Å². The zero-order valence-electron chi connectivity index (χ0n) is 18.7. The van der Waals surface area contributed by atoms with Gasteiger partial charge in [0, 0.05) is 35.5 Å². The van der Waals surface area contributed by atoms with E-state index in [1.165, 1.54) is 12.1 Å². The standard InChI is InChI=1S/C26H27FN4O2/c1-14(2)17-10-20-23(21(32)11-17)25(29-19-5-3-4-18(27)13-19)24(30-20)16-8-9-28-22(12-16)31-26(33)15-6-7-15/h3-5,8-9,12-15,17,29-30H,6-7,10-11H2,1-2H3,(H,28,31,33). The molecular weight excluding hydrogens is 419 g/mol. The molecule has 1 unspecified atom stereocenters. The van der Waals surface area contributed by atoms with Gasteiger partial charge in [-0.2, -0.15) is 0 Å². The molecule has 170 valence electrons. The first-order valence-corrected chi connectivity index (χ1v) is 11.5. The molecule has 1 atom stereocenters. The molecular formula is C26H27FN4O2. The van der Waals surface area contributed by atoms with Gasteiger partial charge in [0.25, 0.3) is 0 Å². The summed E-state index contributed by atoms with van der Waals surface area (Å²) in [6.07, 6.45) is 4.72. The molecule has 1 fully saturated rings. The quantitative estimate of drug-likeness (QED) is 0.453. The van der Waals surface area contributed by atoms with E-state index in [1.807, 2.05) is 6.07 Å². The number of nitrogens with zero attached hydrogens (tertiary/aromatic N) is 1. The number of aromatic amines is 1. The summed E-state index contributed by atoms with van der Waals surface area (Å²) in [5.41, 5.74) is 4.23. The van der Waals surface area contributed by atoms with Gasteiger partial charge in [0.05, 0.1) is 16.9 Å². The molecule has 2 aliphatic carbocycles. The number of hydrogen-bond acceptors (Lipinski definition) is 4. The molecule has 5 rings (SSSR count). The van der Waals surface area contributed by atoms with Crippen LogP contribution in [0.15, 0.2) is 42.6 Å². The fraction of sp³-hybridized carbons (Fsp3) is 0.346. The van der Waals surface area contributed by atoms with Crippen molar-refractivity contribution in [1.29, 1.82) is 0 Å². The van der Waals surface area contributed by atoms with E-state index in [-0.39, 0.29) is 29.3 Å². The summed E-state index contributed by atoms with van der Waals surface area (Å²) in [6.45, 7) is 4.27. The van der Waals surface area contributed by atoms with Crippen molar-refractivity contribution in [3.8, 4) is 11.3 Å². The predicted octanol–water partition coefficient (Wildman–Crippen LogP) is 5.71. The summed E-state index contributed by atoms with van der Waals surface area (Å²) in [6, 6.07) is 9.83. The van der Waals surface area contributed by atoms with E-state index in [0.29, 0.717) is 35.1 Å². The van der Waals surface area contributed by atoms with Gasteiger partial charge in [-0.25, -0.2) is 9.37 Å². The van der Waals surface area contributed by atoms with Crippen LogP contribution in [0.4, 0.5) is 21.6 Å². The van der Waals surface area contributed by atoms with Crippen LogP contribution in [0.1, 0.15) is 49.2 Å². The third-order valence-corrected chi connectivity index (χ3v) is 6.56. The highest BCUT2D eigenvalue weighted by atomic mass is 19.1. The van der Waals surface area contributed by atoms with E-state index in [0.717, 1.165) is 36.2 Å². The van der Waals surface area contributed by atoms with Gasteiger partial charge in [0.1, 0.15) is 11.6 Å². The molecule has 33 heavy (non-hydrogen) atoms. The highest BCUT2D eigenvalue weighted by molar-refractivity contribution is 6.07. The highest BCUT2D eigenvalue weighted by Gasteiger charge is 2.33. The number of aromatic nitrogens is 2. The molecule has 3 N–H and O–H groups in total. The Bertz CT molecular complexity index is 1230. The van der Waals surface area contributed by atoms with Gasteiger partial charge >= 0.3 is 0 Å². The number of amides is 1. The molecule has 0 radical (unpaired) electrons. The van der Waals surface area contributed by atoms with Gasteiger partial charge < -0.3 is 15.6 Å². The van der Waals surface area contributed by atoms with Crippen LogP contribution >= 0.6 is 0 Å². The number of halogens is 1. The summed E-state index contributed by atoms with van der Waals surface area (Å²) >= 11 is 0. The van der Waals surface area contributed by atoms with E-state index >= 15 is 0 Å². The first-order valence-electron chi connectivity index (χ1n) is 11.5. The second kappa shape index (κ2) is 8.46. The molecule has 2 aromatic heterocycles. The van der Waals surface area contributed by atoms with E-state index in [9.17, 15) is 14.0 Å². The Hall–Kier alpha value is -3.48. The Balaban J connectivity index is 1.57. The maximum Gasteiger partial charge on any atom is 0.228 e. The zero-order chi connectivity index (χ0) is 23.1. The fourth-order valence-electron chi connectivity index (χ4n) is 4.44. The van der Waals surface area contributed by atoms with Gasteiger partial charge in [-0.1, -0.05) is 19.9 Å². The lowest BCUT2D eigenvalue weighted by atomic mass is 9.80. The van der Waals surface area contributed by atoms with Crippen LogP contribution < -0.4 is 10.6 Å². The molecule has 0 spiro atoms. The number of H-pyrrole nitrogens is 1. The molecule has 7 heteroatoms.